The van der Waals surface area contributed by atoms with Crippen molar-refractivity contribution in [1.29, 1.82) is 0 Å². The predicted molar refractivity (Wildman–Crippen MR) is 112 cm³/mol. The van der Waals surface area contributed by atoms with Crippen LogP contribution in [0.5, 0.6) is 0 Å². The average Bonchev–Trinajstić information content (AvgIpc) is 3.29. The number of carbonyl (C=O) groups is 1. The summed E-state index contributed by atoms with van der Waals surface area (Å²) < 4.78 is 28.3. The Kier molecular flexibility index (Phi) is 6.54. The molecule has 0 bridgehead atoms. The van der Waals surface area contributed by atoms with Gasteiger partial charge in [0.1, 0.15) is 17.6 Å². The zero-order valence-electron chi connectivity index (χ0n) is 16.4. The Labute approximate surface area is 178 Å². The van der Waals surface area contributed by atoms with Gasteiger partial charge in [-0.3, -0.25) is 0 Å². The lowest BCUT2D eigenvalue weighted by molar-refractivity contribution is 0.184. The van der Waals surface area contributed by atoms with Crippen LogP contribution in [0.1, 0.15) is 42.8 Å². The molecule has 1 unspecified atom stereocenters. The van der Waals surface area contributed by atoms with Crippen LogP contribution >= 0.6 is 11.3 Å². The normalized spacial score (nSPS) is 12.6. The smallest absolute Gasteiger partial charge is 0.418 e. The zero-order chi connectivity index (χ0) is 21.9. The predicted octanol–water partition coefficient (Wildman–Crippen LogP) is 3.02. The molecule has 0 radical (unpaired) electrons. The van der Waals surface area contributed by atoms with Gasteiger partial charge < -0.3 is 14.8 Å². The number of amides is 1. The minimum atomic E-state index is -4.24. The minimum absolute atomic E-state index is 0.118. The van der Waals surface area contributed by atoms with E-state index in [1.165, 1.54) is 0 Å². The van der Waals surface area contributed by atoms with Gasteiger partial charge in [0.25, 0.3) is 10.0 Å². The molecule has 0 fully saturated rings. The highest BCUT2D eigenvalue weighted by Crippen LogP contribution is 2.33. The Hall–Kier alpha value is -2.76. The van der Waals surface area contributed by atoms with E-state index in [-0.39, 0.29) is 9.90 Å². The molecule has 160 valence electrons. The van der Waals surface area contributed by atoms with Gasteiger partial charge in [-0.15, -0.1) is 11.3 Å². The quantitative estimate of drug-likeness (QED) is 0.480. The number of rotatable bonds is 8. The molecule has 1 amide bonds. The van der Waals surface area contributed by atoms with E-state index in [1.807, 2.05) is 23.6 Å². The van der Waals surface area contributed by atoms with Crippen LogP contribution in [0.4, 0.5) is 4.79 Å². The second-order valence-electron chi connectivity index (χ2n) is 6.69. The maximum absolute atomic E-state index is 12.5. The minimum Gasteiger partial charge on any atom is -0.464 e. The van der Waals surface area contributed by atoms with Crippen molar-refractivity contribution < 1.29 is 23.4 Å². The molecule has 3 N–H and O–H groups in total. The van der Waals surface area contributed by atoms with Gasteiger partial charge in [-0.25, -0.2) is 27.9 Å². The number of nitrogens with one attached hydrogen (secondary N) is 1. The van der Waals surface area contributed by atoms with Crippen LogP contribution < -0.4 is 4.72 Å². The number of hydrogen-bond acceptors (Lipinski definition) is 7. The molecule has 1 atom stereocenters. The molecule has 1 aromatic carbocycles. The fourth-order valence-corrected chi connectivity index (χ4v) is 5.49. The molecule has 0 spiro atoms. The number of carboxylic acid groups (broad SMARTS) is 1. The first-order valence-electron chi connectivity index (χ1n) is 9.25. The number of imidazole rings is 1. The number of aromatic nitrogens is 3. The third-order valence-electron chi connectivity index (χ3n) is 4.27. The number of aliphatic hydroxyl groups excluding tert-OH is 1. The molecule has 0 aliphatic rings. The average molecular weight is 451 g/mol. The van der Waals surface area contributed by atoms with Crippen LogP contribution in [-0.2, 0) is 23.0 Å². The SMILES string of the molecule is CCCc1nc(-c2ccc(Cn3ccnc3C(C)O)cc2)c(S(=O)(=O)NC(=O)O)s1. The van der Waals surface area contributed by atoms with Crippen molar-refractivity contribution in [2.45, 2.75) is 43.5 Å². The van der Waals surface area contributed by atoms with Crippen molar-refractivity contribution >= 4 is 27.5 Å². The molecule has 0 aliphatic carbocycles. The molecule has 2 aromatic heterocycles. The second-order valence-corrected chi connectivity index (χ2v) is 9.65. The Bertz CT molecular complexity index is 1130. The maximum atomic E-state index is 12.5. The van der Waals surface area contributed by atoms with Crippen molar-refractivity contribution in [3.63, 3.8) is 0 Å². The van der Waals surface area contributed by atoms with E-state index in [0.29, 0.717) is 29.4 Å². The molecule has 3 aromatic rings. The molecule has 9 nitrogen and oxygen atoms in total. The number of benzene rings is 1. The molecule has 0 saturated heterocycles. The largest absolute Gasteiger partial charge is 0.464 e. The van der Waals surface area contributed by atoms with E-state index in [1.54, 1.807) is 36.2 Å². The number of sulfonamides is 1. The van der Waals surface area contributed by atoms with E-state index in [4.69, 9.17) is 5.11 Å². The summed E-state index contributed by atoms with van der Waals surface area (Å²) in [7, 11) is -4.24. The van der Waals surface area contributed by atoms with Crippen LogP contribution in [0.2, 0.25) is 0 Å². The lowest BCUT2D eigenvalue weighted by atomic mass is 10.1. The van der Waals surface area contributed by atoms with Gasteiger partial charge in [-0.05, 0) is 25.3 Å². The van der Waals surface area contributed by atoms with Crippen LogP contribution in [-0.4, -0.2) is 39.3 Å². The highest BCUT2D eigenvalue weighted by Gasteiger charge is 2.26. The summed E-state index contributed by atoms with van der Waals surface area (Å²) in [5.74, 6) is 0.552. The topological polar surface area (TPSA) is 134 Å². The molecular weight excluding hydrogens is 428 g/mol. The highest BCUT2D eigenvalue weighted by atomic mass is 32.2. The standard InChI is InChI=1S/C19H22N4O5S2/c1-3-4-15-21-16(18(29-15)30(27,28)22-19(25)26)14-7-5-13(6-8-14)11-23-10-9-20-17(23)12(2)24/h5-10,12,22,24H,3-4,11H2,1-2H3,(H,25,26). The van der Waals surface area contributed by atoms with E-state index >= 15 is 0 Å². The molecule has 0 aliphatic heterocycles. The Morgan fingerprint density at radius 1 is 1.30 bits per heavy atom. The van der Waals surface area contributed by atoms with Crippen molar-refractivity contribution in [1.82, 2.24) is 19.3 Å². The van der Waals surface area contributed by atoms with Crippen molar-refractivity contribution in [2.24, 2.45) is 0 Å². The Morgan fingerprint density at radius 3 is 2.60 bits per heavy atom. The van der Waals surface area contributed by atoms with Crippen LogP contribution in [0.25, 0.3) is 11.3 Å². The number of nitrogens with zero attached hydrogens (tertiary/aromatic N) is 3. The summed E-state index contributed by atoms with van der Waals surface area (Å²) in [6.07, 6.45) is 2.44. The highest BCUT2D eigenvalue weighted by molar-refractivity contribution is 7.92. The first-order chi connectivity index (χ1) is 14.2. The van der Waals surface area contributed by atoms with Gasteiger partial charge in [-0.1, -0.05) is 31.2 Å². The summed E-state index contributed by atoms with van der Waals surface area (Å²) in [6.45, 7) is 4.09. The van der Waals surface area contributed by atoms with Crippen molar-refractivity contribution in [2.75, 3.05) is 0 Å². The van der Waals surface area contributed by atoms with Gasteiger partial charge in [-0.2, -0.15) is 0 Å². The van der Waals surface area contributed by atoms with Gasteiger partial charge in [0.05, 0.1) is 5.01 Å². The Balaban J connectivity index is 1.93. The zero-order valence-corrected chi connectivity index (χ0v) is 18.1. The summed E-state index contributed by atoms with van der Waals surface area (Å²) >= 11 is 0.976. The van der Waals surface area contributed by atoms with E-state index in [0.717, 1.165) is 23.3 Å². The second kappa shape index (κ2) is 8.94. The summed E-state index contributed by atoms with van der Waals surface area (Å²) in [4.78, 5) is 19.5. The lowest BCUT2D eigenvalue weighted by Gasteiger charge is -2.10. The van der Waals surface area contributed by atoms with Gasteiger partial charge in [0.15, 0.2) is 4.21 Å². The molecule has 2 heterocycles. The molecular formula is C19H22N4O5S2. The van der Waals surface area contributed by atoms with Gasteiger partial charge in [0, 0.05) is 24.5 Å². The molecule has 11 heteroatoms. The van der Waals surface area contributed by atoms with E-state index in [9.17, 15) is 18.3 Å². The van der Waals surface area contributed by atoms with E-state index < -0.39 is 22.2 Å². The third-order valence-corrected chi connectivity index (χ3v) is 7.21. The number of thiazole rings is 1. The number of hydrogen-bond donors (Lipinski definition) is 3. The molecule has 30 heavy (non-hydrogen) atoms. The van der Waals surface area contributed by atoms with Crippen LogP contribution in [0.15, 0.2) is 40.9 Å². The number of aliphatic hydroxyl groups is 1. The summed E-state index contributed by atoms with van der Waals surface area (Å²) in [5.41, 5.74) is 1.73. The maximum Gasteiger partial charge on any atom is 0.418 e. The third kappa shape index (κ3) is 4.86. The van der Waals surface area contributed by atoms with Gasteiger partial charge in [0.2, 0.25) is 0 Å². The summed E-state index contributed by atoms with van der Waals surface area (Å²) in [6, 6.07) is 7.17. The Morgan fingerprint density at radius 2 is 2.00 bits per heavy atom. The van der Waals surface area contributed by atoms with Gasteiger partial charge >= 0.3 is 6.09 Å². The van der Waals surface area contributed by atoms with Crippen molar-refractivity contribution in [3.05, 3.63) is 53.1 Å². The van der Waals surface area contributed by atoms with Crippen LogP contribution in [0.3, 0.4) is 0 Å². The monoisotopic (exact) mass is 450 g/mol. The first-order valence-corrected chi connectivity index (χ1v) is 11.5. The fourth-order valence-electron chi connectivity index (χ4n) is 2.98. The summed E-state index contributed by atoms with van der Waals surface area (Å²) in [5, 5.41) is 19.3. The first kappa shape index (κ1) is 21.9. The van der Waals surface area contributed by atoms with Crippen molar-refractivity contribution in [3.8, 4) is 11.3 Å². The fraction of sp³-hybridized carbons (Fsp3) is 0.316. The lowest BCUT2D eigenvalue weighted by Crippen LogP contribution is -2.28. The molecule has 0 saturated carbocycles. The van der Waals surface area contributed by atoms with Crippen LogP contribution in [0, 0.1) is 0 Å². The number of aryl methyl sites for hydroxylation is 1. The molecule has 3 rings (SSSR count). The van der Waals surface area contributed by atoms with E-state index in [2.05, 4.69) is 9.97 Å².